The van der Waals surface area contributed by atoms with E-state index < -0.39 is 5.82 Å². The highest BCUT2D eigenvalue weighted by Gasteiger charge is 2.15. The van der Waals surface area contributed by atoms with E-state index in [1.807, 2.05) is 0 Å². The first-order valence-electron chi connectivity index (χ1n) is 4.85. The number of ketones is 1. The van der Waals surface area contributed by atoms with Gasteiger partial charge in [-0.2, -0.15) is 0 Å². The van der Waals surface area contributed by atoms with Crippen molar-refractivity contribution in [3.63, 3.8) is 0 Å². The number of carbonyl (C=O) groups is 1. The van der Waals surface area contributed by atoms with Crippen LogP contribution < -0.4 is 4.74 Å². The van der Waals surface area contributed by atoms with E-state index >= 15 is 0 Å². The van der Waals surface area contributed by atoms with Crippen LogP contribution in [0.5, 0.6) is 5.75 Å². The molecule has 2 heterocycles. The molecular weight excluding hydrogens is 223 g/mol. The fraction of sp³-hybridized carbons (Fsp3) is 0.0833. The normalized spacial score (nSPS) is 10.0. The summed E-state index contributed by atoms with van der Waals surface area (Å²) in [6, 6.07) is 2.65. The highest BCUT2D eigenvalue weighted by atomic mass is 19.1. The van der Waals surface area contributed by atoms with Crippen LogP contribution in [0, 0.1) is 5.82 Å². The quantitative estimate of drug-likeness (QED) is 0.758. The molecule has 2 aromatic heterocycles. The Morgan fingerprint density at radius 3 is 2.82 bits per heavy atom. The molecule has 86 valence electrons. The summed E-state index contributed by atoms with van der Waals surface area (Å²) in [4.78, 5) is 19.5. The number of carbonyl (C=O) groups excluding carboxylic acids is 1. The van der Waals surface area contributed by atoms with Crippen molar-refractivity contribution in [2.24, 2.45) is 0 Å². The predicted octanol–water partition coefficient (Wildman–Crippen LogP) is 1.86. The molecule has 0 unspecified atom stereocenters. The zero-order valence-electron chi connectivity index (χ0n) is 9.05. The van der Waals surface area contributed by atoms with Crippen molar-refractivity contribution >= 4 is 5.78 Å². The van der Waals surface area contributed by atoms with E-state index in [1.165, 1.54) is 31.8 Å². The molecule has 5 heteroatoms. The minimum atomic E-state index is -0.552. The Balaban J connectivity index is 2.44. The fourth-order valence-corrected chi connectivity index (χ4v) is 1.42. The van der Waals surface area contributed by atoms with Crippen LogP contribution in [0.2, 0.25) is 0 Å². The Labute approximate surface area is 97.1 Å². The highest BCUT2D eigenvalue weighted by Crippen LogP contribution is 2.19. The van der Waals surface area contributed by atoms with Crippen molar-refractivity contribution in [3.8, 4) is 5.75 Å². The van der Waals surface area contributed by atoms with Crippen LogP contribution in [0.3, 0.4) is 0 Å². The SMILES string of the molecule is COc1cnccc1C(=O)c1cncc(F)c1. The first-order chi connectivity index (χ1) is 8.22. The molecule has 2 rings (SSSR count). The van der Waals surface area contributed by atoms with E-state index in [4.69, 9.17) is 4.74 Å². The summed E-state index contributed by atoms with van der Waals surface area (Å²) in [5.41, 5.74) is 0.504. The van der Waals surface area contributed by atoms with Gasteiger partial charge in [-0.3, -0.25) is 14.8 Å². The van der Waals surface area contributed by atoms with Crippen LogP contribution in [0.1, 0.15) is 15.9 Å². The van der Waals surface area contributed by atoms with Gasteiger partial charge in [0, 0.05) is 18.0 Å². The maximum atomic E-state index is 13.0. The average Bonchev–Trinajstić information content (AvgIpc) is 2.38. The van der Waals surface area contributed by atoms with E-state index in [9.17, 15) is 9.18 Å². The zero-order valence-corrected chi connectivity index (χ0v) is 9.05. The van der Waals surface area contributed by atoms with Gasteiger partial charge < -0.3 is 4.74 Å². The van der Waals surface area contributed by atoms with Crippen molar-refractivity contribution in [1.29, 1.82) is 0 Å². The van der Waals surface area contributed by atoms with Crippen molar-refractivity contribution in [3.05, 3.63) is 53.9 Å². The number of halogens is 1. The Kier molecular flexibility index (Phi) is 3.09. The van der Waals surface area contributed by atoms with Crippen LogP contribution in [0.15, 0.2) is 36.9 Å². The van der Waals surface area contributed by atoms with Crippen LogP contribution in [0.25, 0.3) is 0 Å². The van der Waals surface area contributed by atoms with Crippen molar-refractivity contribution in [1.82, 2.24) is 9.97 Å². The Morgan fingerprint density at radius 2 is 2.12 bits per heavy atom. The van der Waals surface area contributed by atoms with E-state index in [1.54, 1.807) is 0 Å². The minimum Gasteiger partial charge on any atom is -0.494 e. The molecule has 0 aromatic carbocycles. The molecule has 0 saturated carbocycles. The van der Waals surface area contributed by atoms with Gasteiger partial charge in [0.2, 0.25) is 0 Å². The second kappa shape index (κ2) is 4.69. The number of aromatic nitrogens is 2. The molecule has 0 amide bonds. The lowest BCUT2D eigenvalue weighted by molar-refractivity contribution is 0.103. The number of nitrogens with zero attached hydrogens (tertiary/aromatic N) is 2. The molecule has 0 radical (unpaired) electrons. The molecule has 0 N–H and O–H groups in total. The van der Waals surface area contributed by atoms with Gasteiger partial charge in [0.1, 0.15) is 11.6 Å². The molecule has 0 atom stereocenters. The molecule has 0 saturated heterocycles. The fourth-order valence-electron chi connectivity index (χ4n) is 1.42. The second-order valence-corrected chi connectivity index (χ2v) is 3.30. The van der Waals surface area contributed by atoms with Crippen molar-refractivity contribution in [2.45, 2.75) is 0 Å². The number of rotatable bonds is 3. The first kappa shape index (κ1) is 11.2. The minimum absolute atomic E-state index is 0.175. The summed E-state index contributed by atoms with van der Waals surface area (Å²) >= 11 is 0. The van der Waals surface area contributed by atoms with Gasteiger partial charge >= 0.3 is 0 Å². The monoisotopic (exact) mass is 232 g/mol. The molecule has 0 aliphatic heterocycles. The summed E-state index contributed by atoms with van der Waals surface area (Å²) in [5.74, 6) is -0.554. The van der Waals surface area contributed by atoms with E-state index in [2.05, 4.69) is 9.97 Å². The van der Waals surface area contributed by atoms with Gasteiger partial charge in [0.05, 0.1) is 25.1 Å². The topological polar surface area (TPSA) is 52.1 Å². The number of hydrogen-bond donors (Lipinski definition) is 0. The molecule has 0 spiro atoms. The van der Waals surface area contributed by atoms with E-state index in [0.29, 0.717) is 11.3 Å². The number of hydrogen-bond acceptors (Lipinski definition) is 4. The summed E-state index contributed by atoms with van der Waals surface area (Å²) in [6.45, 7) is 0. The molecule has 0 aliphatic rings. The van der Waals surface area contributed by atoms with Crippen molar-refractivity contribution in [2.75, 3.05) is 7.11 Å². The lowest BCUT2D eigenvalue weighted by Crippen LogP contribution is -2.05. The molecule has 17 heavy (non-hydrogen) atoms. The molecule has 0 bridgehead atoms. The molecule has 4 nitrogen and oxygen atoms in total. The first-order valence-corrected chi connectivity index (χ1v) is 4.85. The standard InChI is InChI=1S/C12H9FN2O2/c1-17-11-7-14-3-2-10(11)12(16)8-4-9(13)6-15-5-8/h2-7H,1H3. The third-order valence-electron chi connectivity index (χ3n) is 2.22. The number of pyridine rings is 2. The van der Waals surface area contributed by atoms with Gasteiger partial charge in [0.15, 0.2) is 5.78 Å². The maximum absolute atomic E-state index is 13.0. The van der Waals surface area contributed by atoms with Crippen LogP contribution in [-0.2, 0) is 0 Å². The Hall–Kier alpha value is -2.30. The van der Waals surface area contributed by atoms with Crippen molar-refractivity contribution < 1.29 is 13.9 Å². The molecular formula is C12H9FN2O2. The molecule has 0 fully saturated rings. The lowest BCUT2D eigenvalue weighted by Gasteiger charge is -2.06. The second-order valence-electron chi connectivity index (χ2n) is 3.30. The molecule has 2 aromatic rings. The largest absolute Gasteiger partial charge is 0.494 e. The summed E-state index contributed by atoms with van der Waals surface area (Å²) in [5, 5.41) is 0. The van der Waals surface area contributed by atoms with Gasteiger partial charge in [0.25, 0.3) is 0 Å². The predicted molar refractivity (Wildman–Crippen MR) is 58.4 cm³/mol. The van der Waals surface area contributed by atoms with E-state index in [-0.39, 0.29) is 11.3 Å². The summed E-state index contributed by atoms with van der Waals surface area (Å²) in [7, 11) is 1.44. The molecule has 0 aliphatic carbocycles. The smallest absolute Gasteiger partial charge is 0.198 e. The highest BCUT2D eigenvalue weighted by molar-refractivity contribution is 6.10. The summed E-state index contributed by atoms with van der Waals surface area (Å²) in [6.07, 6.45) is 5.26. The van der Waals surface area contributed by atoms with Gasteiger partial charge in [-0.15, -0.1) is 0 Å². The summed E-state index contributed by atoms with van der Waals surface area (Å²) < 4.78 is 18.0. The number of methoxy groups -OCH3 is 1. The Morgan fingerprint density at radius 1 is 1.29 bits per heavy atom. The Bertz CT molecular complexity index is 558. The van der Waals surface area contributed by atoms with Gasteiger partial charge in [-0.05, 0) is 12.1 Å². The lowest BCUT2D eigenvalue weighted by atomic mass is 10.1. The average molecular weight is 232 g/mol. The number of ether oxygens (including phenoxy) is 1. The van der Waals surface area contributed by atoms with E-state index in [0.717, 1.165) is 12.3 Å². The van der Waals surface area contributed by atoms with Gasteiger partial charge in [-0.25, -0.2) is 4.39 Å². The maximum Gasteiger partial charge on any atom is 0.198 e. The van der Waals surface area contributed by atoms with Gasteiger partial charge in [-0.1, -0.05) is 0 Å². The van der Waals surface area contributed by atoms with Crippen LogP contribution in [-0.4, -0.2) is 22.9 Å². The zero-order chi connectivity index (χ0) is 12.3. The van der Waals surface area contributed by atoms with Crippen LogP contribution in [0.4, 0.5) is 4.39 Å². The van der Waals surface area contributed by atoms with Crippen LogP contribution >= 0.6 is 0 Å². The third-order valence-corrected chi connectivity index (χ3v) is 2.22. The third kappa shape index (κ3) is 2.28.